The molecular formula is C23H17Cl2O2P. The van der Waals surface area contributed by atoms with Crippen LogP contribution < -0.4 is 10.6 Å². The summed E-state index contributed by atoms with van der Waals surface area (Å²) in [5.41, 5.74) is 1.27. The minimum atomic E-state index is -3.69. The van der Waals surface area contributed by atoms with Gasteiger partial charge in [-0.25, -0.2) is 0 Å². The highest BCUT2D eigenvalue weighted by molar-refractivity contribution is 7.93. The number of hydrogen-bond donors (Lipinski definition) is 0. The molecule has 3 aromatic rings. The van der Waals surface area contributed by atoms with Crippen molar-refractivity contribution in [2.24, 2.45) is 0 Å². The quantitative estimate of drug-likeness (QED) is 0.416. The summed E-state index contributed by atoms with van der Waals surface area (Å²) in [5, 5.41) is 1.11. The van der Waals surface area contributed by atoms with Crippen LogP contribution in [-0.4, -0.2) is 10.4 Å². The summed E-state index contributed by atoms with van der Waals surface area (Å²) in [4.78, 5) is 12.3. The van der Waals surface area contributed by atoms with Gasteiger partial charge in [-0.3, -0.25) is 4.79 Å². The fourth-order valence-electron chi connectivity index (χ4n) is 3.52. The minimum absolute atomic E-state index is 0.197. The zero-order chi connectivity index (χ0) is 19.8. The first-order valence-electron chi connectivity index (χ1n) is 8.87. The average molecular weight is 427 g/mol. The van der Waals surface area contributed by atoms with E-state index in [1.54, 1.807) is 54.6 Å². The lowest BCUT2D eigenvalue weighted by molar-refractivity contribution is -0.113. The molecule has 4 rings (SSSR count). The Bertz CT molecular complexity index is 1070. The summed E-state index contributed by atoms with van der Waals surface area (Å²) in [6, 6.07) is 25.2. The lowest BCUT2D eigenvalue weighted by atomic mass is 9.89. The van der Waals surface area contributed by atoms with Crippen molar-refractivity contribution in [2.75, 3.05) is 0 Å². The molecule has 140 valence electrons. The van der Waals surface area contributed by atoms with Gasteiger partial charge in [-0.2, -0.15) is 0 Å². The number of carbonyl (C=O) groups excluding carboxylic acids is 1. The molecule has 1 aliphatic carbocycles. The van der Waals surface area contributed by atoms with Crippen LogP contribution in [0.1, 0.15) is 11.1 Å². The Morgan fingerprint density at radius 1 is 0.821 bits per heavy atom. The molecule has 2 nitrogen and oxygen atoms in total. The van der Waals surface area contributed by atoms with Gasteiger partial charge in [0.05, 0.1) is 0 Å². The Balaban J connectivity index is 1.89. The molecule has 0 aromatic heterocycles. The summed E-state index contributed by atoms with van der Waals surface area (Å²) in [5.74, 6) is 0. The zero-order valence-electron chi connectivity index (χ0n) is 14.9. The fraction of sp³-hybridized carbons (Fsp3) is 0.0870. The molecule has 0 radical (unpaired) electrons. The molecular weight excluding hydrogens is 410 g/mol. The van der Waals surface area contributed by atoms with Crippen LogP contribution in [0.25, 0.3) is 6.08 Å². The average Bonchev–Trinajstić information content (AvgIpc) is 2.74. The van der Waals surface area contributed by atoms with Gasteiger partial charge >= 0.3 is 0 Å². The fourth-order valence-corrected chi connectivity index (χ4v) is 7.06. The maximum atomic E-state index is 14.4. The number of hydrogen-bond acceptors (Lipinski definition) is 2. The first-order chi connectivity index (χ1) is 13.5. The summed E-state index contributed by atoms with van der Waals surface area (Å²) >= 11 is 13.4. The Hall–Kier alpha value is -2.12. The molecule has 1 aliphatic rings. The maximum Gasteiger partial charge on any atom is 0.226 e. The maximum absolute atomic E-state index is 14.4. The summed E-state index contributed by atoms with van der Waals surface area (Å²) in [6.07, 6.45) is 1.90. The monoisotopic (exact) mass is 426 g/mol. The van der Waals surface area contributed by atoms with E-state index in [0.29, 0.717) is 10.6 Å². The Kier molecular flexibility index (Phi) is 5.05. The van der Waals surface area contributed by atoms with Crippen molar-refractivity contribution in [3.8, 4) is 0 Å². The van der Waals surface area contributed by atoms with Gasteiger partial charge in [0, 0.05) is 22.1 Å². The van der Waals surface area contributed by atoms with Gasteiger partial charge in [-0.1, -0.05) is 96.5 Å². The number of alkyl halides is 1. The van der Waals surface area contributed by atoms with E-state index in [4.69, 9.17) is 23.2 Å². The first kappa shape index (κ1) is 19.2. The molecule has 0 aliphatic heterocycles. The largest absolute Gasteiger partial charge is 0.305 e. The van der Waals surface area contributed by atoms with Crippen LogP contribution in [0.2, 0.25) is 0 Å². The van der Waals surface area contributed by atoms with Crippen molar-refractivity contribution in [3.63, 3.8) is 0 Å². The van der Waals surface area contributed by atoms with Crippen molar-refractivity contribution >= 4 is 52.6 Å². The van der Waals surface area contributed by atoms with Gasteiger partial charge in [0.15, 0.2) is 4.87 Å². The topological polar surface area (TPSA) is 34.1 Å². The summed E-state index contributed by atoms with van der Waals surface area (Å²) in [6.45, 7) is 0. The Labute approximate surface area is 174 Å². The van der Waals surface area contributed by atoms with Gasteiger partial charge in [0.2, 0.25) is 12.7 Å². The third-order valence-corrected chi connectivity index (χ3v) is 9.19. The van der Waals surface area contributed by atoms with E-state index in [1.165, 1.54) is 0 Å². The summed E-state index contributed by atoms with van der Waals surface area (Å²) < 4.78 is 14.4. The van der Waals surface area contributed by atoms with Crippen LogP contribution in [0, 0.1) is 0 Å². The molecule has 1 unspecified atom stereocenters. The third-order valence-electron chi connectivity index (χ3n) is 5.01. The SMILES string of the molecule is O=C(C1(Cl)Cc2ccccc2C=C1Cl)P(=O)(c1ccccc1)c1ccccc1. The van der Waals surface area contributed by atoms with Crippen LogP contribution in [0.5, 0.6) is 0 Å². The first-order valence-corrected chi connectivity index (χ1v) is 11.3. The van der Waals surface area contributed by atoms with Crippen molar-refractivity contribution in [3.05, 3.63) is 101 Å². The highest BCUT2D eigenvalue weighted by Gasteiger charge is 2.51. The second kappa shape index (κ2) is 7.37. The van der Waals surface area contributed by atoms with Gasteiger partial charge in [0.25, 0.3) is 0 Å². The lowest BCUT2D eigenvalue weighted by Gasteiger charge is -2.33. The molecule has 0 fully saturated rings. The van der Waals surface area contributed by atoms with Gasteiger partial charge in [-0.05, 0) is 17.2 Å². The number of fused-ring (bicyclic) bond motifs is 1. The smallest absolute Gasteiger partial charge is 0.226 e. The highest BCUT2D eigenvalue weighted by atomic mass is 35.5. The molecule has 0 N–H and O–H groups in total. The van der Waals surface area contributed by atoms with Crippen molar-refractivity contribution in [1.29, 1.82) is 0 Å². The molecule has 0 bridgehead atoms. The van der Waals surface area contributed by atoms with E-state index in [2.05, 4.69) is 0 Å². The standard InChI is InChI=1S/C23H17Cl2O2P/c24-21-15-17-9-7-8-10-18(17)16-23(21,25)22(26)28(27,19-11-3-1-4-12-19)20-13-5-2-6-14-20/h1-15H,16H2. The van der Waals surface area contributed by atoms with Gasteiger partial charge in [0.1, 0.15) is 0 Å². The van der Waals surface area contributed by atoms with E-state index in [9.17, 15) is 9.36 Å². The molecule has 0 heterocycles. The molecule has 0 spiro atoms. The zero-order valence-corrected chi connectivity index (χ0v) is 17.3. The van der Waals surface area contributed by atoms with Crippen LogP contribution in [-0.2, 0) is 15.8 Å². The predicted molar refractivity (Wildman–Crippen MR) is 117 cm³/mol. The number of carbonyl (C=O) groups is 1. The van der Waals surface area contributed by atoms with E-state index >= 15 is 0 Å². The van der Waals surface area contributed by atoms with E-state index in [-0.39, 0.29) is 11.5 Å². The highest BCUT2D eigenvalue weighted by Crippen LogP contribution is 2.54. The Morgan fingerprint density at radius 3 is 1.89 bits per heavy atom. The van der Waals surface area contributed by atoms with Crippen LogP contribution in [0.4, 0.5) is 0 Å². The van der Waals surface area contributed by atoms with Crippen molar-refractivity contribution < 1.29 is 9.36 Å². The third kappa shape index (κ3) is 3.06. The summed E-state index contributed by atoms with van der Waals surface area (Å²) in [7, 11) is -3.69. The van der Waals surface area contributed by atoms with Crippen molar-refractivity contribution in [2.45, 2.75) is 11.3 Å². The van der Waals surface area contributed by atoms with Crippen molar-refractivity contribution in [1.82, 2.24) is 0 Å². The number of benzene rings is 3. The molecule has 28 heavy (non-hydrogen) atoms. The number of rotatable bonds is 4. The van der Waals surface area contributed by atoms with Crippen LogP contribution >= 0.6 is 30.3 Å². The number of allylic oxidation sites excluding steroid dienone is 1. The molecule has 1 atom stereocenters. The number of halogens is 2. The van der Waals surface area contributed by atoms with E-state index in [1.807, 2.05) is 36.4 Å². The molecule has 0 saturated carbocycles. The van der Waals surface area contributed by atoms with Crippen LogP contribution in [0.3, 0.4) is 0 Å². The van der Waals surface area contributed by atoms with Gasteiger partial charge < -0.3 is 4.57 Å². The predicted octanol–water partition coefficient (Wildman–Crippen LogP) is 5.34. The van der Waals surface area contributed by atoms with Gasteiger partial charge in [-0.15, -0.1) is 11.6 Å². The molecule has 0 amide bonds. The molecule has 3 aromatic carbocycles. The molecule has 0 saturated heterocycles. The lowest BCUT2D eigenvalue weighted by Crippen LogP contribution is -2.41. The Morgan fingerprint density at radius 2 is 1.32 bits per heavy atom. The normalized spacial score (nSPS) is 18.9. The second-order valence-electron chi connectivity index (χ2n) is 6.75. The second-order valence-corrected chi connectivity index (χ2v) is 10.5. The van der Waals surface area contributed by atoms with E-state index < -0.39 is 17.5 Å². The van der Waals surface area contributed by atoms with Crippen LogP contribution in [0.15, 0.2) is 90.0 Å². The van der Waals surface area contributed by atoms with E-state index in [0.717, 1.165) is 11.1 Å². The minimum Gasteiger partial charge on any atom is -0.305 e. The molecule has 5 heteroatoms.